The number of para-hydroxylation sites is 1. The fourth-order valence-electron chi connectivity index (χ4n) is 2.86. The highest BCUT2D eigenvalue weighted by atomic mass is 35.5. The Balaban J connectivity index is 1.83. The normalized spacial score (nSPS) is 14.3. The fraction of sp³-hybridized carbons (Fsp3) is 0.0476. The monoisotopic (exact) mass is 441 g/mol. The molecule has 4 rings (SSSR count). The third kappa shape index (κ3) is 4.34. The lowest BCUT2D eigenvalue weighted by atomic mass is 10.1. The van der Waals surface area contributed by atoms with Gasteiger partial charge in [0.2, 0.25) is 0 Å². The molecule has 1 aliphatic rings. The summed E-state index contributed by atoms with van der Waals surface area (Å²) in [4.78, 5) is 20.5. The Morgan fingerprint density at radius 2 is 1.28 bits per heavy atom. The van der Waals surface area contributed by atoms with E-state index in [0.717, 1.165) is 11.1 Å². The summed E-state index contributed by atoms with van der Waals surface area (Å²) >= 11 is 13.4. The molecule has 0 aromatic heterocycles. The first-order valence-corrected chi connectivity index (χ1v) is 10.2. The van der Waals surface area contributed by atoms with E-state index in [1.807, 2.05) is 24.3 Å². The first kappa shape index (κ1) is 19.6. The Bertz CT molecular complexity index is 1070. The molecule has 29 heavy (non-hydrogen) atoms. The average molecular weight is 442 g/mol. The zero-order chi connectivity index (χ0) is 20.4. The van der Waals surface area contributed by atoms with Gasteiger partial charge in [0.15, 0.2) is 6.17 Å². The molecular formula is C21H13Cl2N3O2S. The van der Waals surface area contributed by atoms with Crippen molar-refractivity contribution in [2.45, 2.75) is 6.17 Å². The number of nitro groups is 1. The summed E-state index contributed by atoms with van der Waals surface area (Å²) in [6.45, 7) is 0. The number of thioether (sulfide) groups is 1. The number of benzene rings is 3. The average Bonchev–Trinajstić information content (AvgIpc) is 2.74. The second kappa shape index (κ2) is 8.37. The second-order valence-corrected chi connectivity index (χ2v) is 8.02. The van der Waals surface area contributed by atoms with E-state index >= 15 is 0 Å². The Morgan fingerprint density at radius 3 is 1.76 bits per heavy atom. The van der Waals surface area contributed by atoms with Crippen molar-refractivity contribution < 1.29 is 4.92 Å². The molecule has 144 valence electrons. The highest BCUT2D eigenvalue weighted by Crippen LogP contribution is 2.36. The summed E-state index contributed by atoms with van der Waals surface area (Å²) in [6.07, 6.45) is -0.728. The van der Waals surface area contributed by atoms with Gasteiger partial charge in [0, 0.05) is 27.2 Å². The molecule has 1 aliphatic heterocycles. The van der Waals surface area contributed by atoms with Crippen LogP contribution in [0.15, 0.2) is 82.8 Å². The summed E-state index contributed by atoms with van der Waals surface area (Å²) in [5, 5.41) is 14.2. The van der Waals surface area contributed by atoms with Crippen molar-refractivity contribution in [3.63, 3.8) is 0 Å². The number of hydrogen-bond acceptors (Lipinski definition) is 5. The molecule has 3 aromatic rings. The summed E-state index contributed by atoms with van der Waals surface area (Å²) in [7, 11) is 0. The van der Waals surface area contributed by atoms with Gasteiger partial charge in [0.1, 0.15) is 10.1 Å². The van der Waals surface area contributed by atoms with Gasteiger partial charge in [0.25, 0.3) is 5.69 Å². The van der Waals surface area contributed by atoms with Gasteiger partial charge in [-0.3, -0.25) is 10.1 Å². The van der Waals surface area contributed by atoms with Crippen molar-refractivity contribution in [1.29, 1.82) is 0 Å². The third-order valence-corrected chi connectivity index (χ3v) is 5.84. The van der Waals surface area contributed by atoms with Gasteiger partial charge in [-0.05, 0) is 42.1 Å². The van der Waals surface area contributed by atoms with Gasteiger partial charge in [-0.25, -0.2) is 9.98 Å². The van der Waals surface area contributed by atoms with Crippen LogP contribution in [-0.2, 0) is 0 Å². The van der Waals surface area contributed by atoms with Crippen molar-refractivity contribution in [3.8, 4) is 0 Å². The molecule has 0 saturated carbocycles. The molecule has 0 aliphatic carbocycles. The number of nitrogens with zero attached hydrogens (tertiary/aromatic N) is 3. The first-order valence-electron chi connectivity index (χ1n) is 8.60. The molecule has 0 radical (unpaired) electrons. The van der Waals surface area contributed by atoms with Gasteiger partial charge < -0.3 is 0 Å². The van der Waals surface area contributed by atoms with Crippen molar-refractivity contribution in [2.75, 3.05) is 0 Å². The van der Waals surface area contributed by atoms with Gasteiger partial charge >= 0.3 is 0 Å². The molecule has 0 saturated heterocycles. The van der Waals surface area contributed by atoms with Gasteiger partial charge in [-0.15, -0.1) is 0 Å². The number of rotatable bonds is 4. The van der Waals surface area contributed by atoms with Crippen LogP contribution in [0.25, 0.3) is 0 Å². The van der Waals surface area contributed by atoms with Crippen LogP contribution < -0.4 is 0 Å². The molecule has 0 N–H and O–H groups in total. The lowest BCUT2D eigenvalue weighted by Crippen LogP contribution is -2.13. The molecule has 0 spiro atoms. The lowest BCUT2D eigenvalue weighted by Gasteiger charge is -2.20. The van der Waals surface area contributed by atoms with Crippen molar-refractivity contribution in [2.24, 2.45) is 9.98 Å². The topological polar surface area (TPSA) is 67.9 Å². The van der Waals surface area contributed by atoms with Crippen LogP contribution in [-0.4, -0.2) is 15.0 Å². The minimum Gasteiger partial charge on any atom is -0.258 e. The zero-order valence-corrected chi connectivity index (χ0v) is 17.2. The van der Waals surface area contributed by atoms with E-state index in [1.54, 1.807) is 42.5 Å². The van der Waals surface area contributed by atoms with E-state index in [0.29, 0.717) is 25.7 Å². The summed E-state index contributed by atoms with van der Waals surface area (Å²) < 4.78 is 0. The molecule has 3 aromatic carbocycles. The molecule has 0 atom stereocenters. The van der Waals surface area contributed by atoms with Crippen molar-refractivity contribution >= 4 is 50.7 Å². The molecule has 1 heterocycles. The molecule has 8 heteroatoms. The van der Waals surface area contributed by atoms with Gasteiger partial charge in [-0.1, -0.05) is 59.6 Å². The second-order valence-electron chi connectivity index (χ2n) is 6.17. The summed E-state index contributed by atoms with van der Waals surface area (Å²) in [5.74, 6) is 0. The fourth-order valence-corrected chi connectivity index (χ4v) is 4.11. The number of aliphatic imine (C=N–C) groups is 2. The van der Waals surface area contributed by atoms with Crippen LogP contribution >= 0.6 is 35.0 Å². The van der Waals surface area contributed by atoms with Crippen LogP contribution in [0.3, 0.4) is 0 Å². The minimum atomic E-state index is -0.728. The van der Waals surface area contributed by atoms with E-state index in [4.69, 9.17) is 33.2 Å². The highest BCUT2D eigenvalue weighted by molar-refractivity contribution is 8.27. The Morgan fingerprint density at radius 1 is 0.793 bits per heavy atom. The van der Waals surface area contributed by atoms with Crippen LogP contribution in [0.2, 0.25) is 10.0 Å². The molecule has 0 amide bonds. The van der Waals surface area contributed by atoms with Crippen LogP contribution in [0, 0.1) is 10.1 Å². The van der Waals surface area contributed by atoms with E-state index < -0.39 is 11.1 Å². The van der Waals surface area contributed by atoms with Crippen LogP contribution in [0.1, 0.15) is 22.9 Å². The zero-order valence-electron chi connectivity index (χ0n) is 14.8. The predicted octanol–water partition coefficient (Wildman–Crippen LogP) is 6.54. The SMILES string of the molecule is O=[N+]([O-])c1ccccc1C1N=C(c2ccc(Cl)cc2)SC(c2ccc(Cl)cc2)=N1. The maximum Gasteiger partial charge on any atom is 0.276 e. The van der Waals surface area contributed by atoms with E-state index in [2.05, 4.69) is 0 Å². The third-order valence-electron chi connectivity index (χ3n) is 4.27. The standard InChI is InChI=1S/C21H13Cl2N3O2S/c22-15-9-5-13(6-10-15)20-24-19(17-3-1-2-4-18(17)26(27)28)25-21(29-20)14-7-11-16(23)12-8-14/h1-12,19H. The van der Waals surface area contributed by atoms with E-state index in [-0.39, 0.29) is 5.69 Å². The Labute approximate surface area is 181 Å². The predicted molar refractivity (Wildman–Crippen MR) is 119 cm³/mol. The van der Waals surface area contributed by atoms with E-state index in [9.17, 15) is 10.1 Å². The first-order chi connectivity index (χ1) is 14.0. The smallest absolute Gasteiger partial charge is 0.258 e. The van der Waals surface area contributed by atoms with E-state index in [1.165, 1.54) is 17.8 Å². The Kier molecular flexibility index (Phi) is 5.67. The maximum absolute atomic E-state index is 11.5. The van der Waals surface area contributed by atoms with Gasteiger partial charge in [-0.2, -0.15) is 0 Å². The molecule has 5 nitrogen and oxygen atoms in total. The molecule has 0 bridgehead atoms. The summed E-state index contributed by atoms with van der Waals surface area (Å²) in [5.41, 5.74) is 2.16. The van der Waals surface area contributed by atoms with Crippen LogP contribution in [0.5, 0.6) is 0 Å². The van der Waals surface area contributed by atoms with Crippen LogP contribution in [0.4, 0.5) is 5.69 Å². The Hall–Kier alpha value is -2.67. The quantitative estimate of drug-likeness (QED) is 0.340. The largest absolute Gasteiger partial charge is 0.276 e. The van der Waals surface area contributed by atoms with Crippen molar-refractivity contribution in [1.82, 2.24) is 0 Å². The number of halogens is 2. The lowest BCUT2D eigenvalue weighted by molar-refractivity contribution is -0.385. The number of hydrogen-bond donors (Lipinski definition) is 0. The molecule has 0 fully saturated rings. The summed E-state index contributed by atoms with van der Waals surface area (Å²) in [6, 6.07) is 21.2. The van der Waals surface area contributed by atoms with Crippen molar-refractivity contribution in [3.05, 3.63) is 110 Å². The van der Waals surface area contributed by atoms with Gasteiger partial charge in [0.05, 0.1) is 10.5 Å². The maximum atomic E-state index is 11.5. The number of nitro benzene ring substituents is 1. The molecule has 0 unspecified atom stereocenters. The highest BCUT2D eigenvalue weighted by Gasteiger charge is 2.26. The minimum absolute atomic E-state index is 0.0113. The molecular weight excluding hydrogens is 429 g/mol.